The molecular formula is C30H19ClO. The quantitative estimate of drug-likeness (QED) is 0.272. The SMILES string of the molecule is Clc1ccc(-c2cc(-c3ccccc3)cc(-c3cccc4c3oc3ccccc34)c2)cc1. The molecule has 0 bridgehead atoms. The second kappa shape index (κ2) is 7.71. The molecule has 0 saturated heterocycles. The van der Waals surface area contributed by atoms with Gasteiger partial charge < -0.3 is 4.42 Å². The van der Waals surface area contributed by atoms with Gasteiger partial charge in [-0.05, 0) is 64.2 Å². The van der Waals surface area contributed by atoms with Gasteiger partial charge in [-0.3, -0.25) is 0 Å². The van der Waals surface area contributed by atoms with Crippen LogP contribution in [0.1, 0.15) is 0 Å². The minimum absolute atomic E-state index is 0.736. The van der Waals surface area contributed by atoms with E-state index >= 15 is 0 Å². The molecule has 32 heavy (non-hydrogen) atoms. The van der Waals surface area contributed by atoms with E-state index < -0.39 is 0 Å². The van der Waals surface area contributed by atoms with Crippen molar-refractivity contribution in [3.05, 3.63) is 120 Å². The summed E-state index contributed by atoms with van der Waals surface area (Å²) in [6.07, 6.45) is 0. The molecule has 2 heteroatoms. The number of halogens is 1. The van der Waals surface area contributed by atoms with E-state index in [4.69, 9.17) is 16.0 Å². The van der Waals surface area contributed by atoms with Gasteiger partial charge in [-0.15, -0.1) is 0 Å². The maximum atomic E-state index is 6.33. The van der Waals surface area contributed by atoms with Crippen molar-refractivity contribution < 1.29 is 4.42 Å². The second-order valence-corrected chi connectivity index (χ2v) is 8.39. The van der Waals surface area contributed by atoms with Crippen LogP contribution in [0.5, 0.6) is 0 Å². The molecule has 6 rings (SSSR count). The van der Waals surface area contributed by atoms with Crippen molar-refractivity contribution in [2.75, 3.05) is 0 Å². The van der Waals surface area contributed by atoms with Crippen LogP contribution in [0, 0.1) is 0 Å². The molecule has 0 aliphatic heterocycles. The Morgan fingerprint density at radius 2 is 1.09 bits per heavy atom. The monoisotopic (exact) mass is 430 g/mol. The van der Waals surface area contributed by atoms with Gasteiger partial charge in [0.1, 0.15) is 11.2 Å². The Bertz CT molecular complexity index is 1560. The third-order valence-corrected chi connectivity index (χ3v) is 6.18. The molecule has 0 unspecified atom stereocenters. The summed E-state index contributed by atoms with van der Waals surface area (Å²) in [5.41, 5.74) is 8.67. The van der Waals surface area contributed by atoms with Crippen molar-refractivity contribution in [1.82, 2.24) is 0 Å². The Hall–Kier alpha value is -3.81. The Kier molecular flexibility index (Phi) is 4.56. The van der Waals surface area contributed by atoms with Gasteiger partial charge in [0.25, 0.3) is 0 Å². The molecule has 152 valence electrons. The zero-order valence-electron chi connectivity index (χ0n) is 17.3. The normalized spacial score (nSPS) is 11.3. The van der Waals surface area contributed by atoms with Gasteiger partial charge >= 0.3 is 0 Å². The molecular weight excluding hydrogens is 412 g/mol. The first kappa shape index (κ1) is 18.9. The van der Waals surface area contributed by atoms with E-state index in [9.17, 15) is 0 Å². The van der Waals surface area contributed by atoms with E-state index in [1.165, 1.54) is 11.1 Å². The van der Waals surface area contributed by atoms with E-state index in [1.807, 2.05) is 30.3 Å². The van der Waals surface area contributed by atoms with Crippen LogP contribution in [0.4, 0.5) is 0 Å². The first-order valence-corrected chi connectivity index (χ1v) is 11.0. The Labute approximate surface area is 191 Å². The maximum Gasteiger partial charge on any atom is 0.143 e. The molecule has 0 aliphatic carbocycles. The molecule has 0 radical (unpaired) electrons. The molecule has 0 N–H and O–H groups in total. The lowest BCUT2D eigenvalue weighted by atomic mass is 9.92. The first-order valence-electron chi connectivity index (χ1n) is 10.6. The molecule has 0 aliphatic rings. The summed E-state index contributed by atoms with van der Waals surface area (Å²) in [4.78, 5) is 0. The average Bonchev–Trinajstić information content (AvgIpc) is 3.24. The van der Waals surface area contributed by atoms with Crippen LogP contribution in [-0.2, 0) is 0 Å². The fourth-order valence-electron chi connectivity index (χ4n) is 4.36. The fourth-order valence-corrected chi connectivity index (χ4v) is 4.49. The lowest BCUT2D eigenvalue weighted by molar-refractivity contribution is 0.670. The Morgan fingerprint density at radius 1 is 0.469 bits per heavy atom. The van der Waals surface area contributed by atoms with E-state index in [0.29, 0.717) is 0 Å². The predicted octanol–water partition coefficient (Wildman–Crippen LogP) is 9.24. The van der Waals surface area contributed by atoms with Crippen LogP contribution in [0.3, 0.4) is 0 Å². The molecule has 1 nitrogen and oxygen atoms in total. The highest BCUT2D eigenvalue weighted by atomic mass is 35.5. The van der Waals surface area contributed by atoms with Crippen molar-refractivity contribution in [2.24, 2.45) is 0 Å². The van der Waals surface area contributed by atoms with Crippen LogP contribution in [0.15, 0.2) is 120 Å². The summed E-state index contributed by atoms with van der Waals surface area (Å²) in [5.74, 6) is 0. The zero-order valence-corrected chi connectivity index (χ0v) is 18.0. The minimum atomic E-state index is 0.736. The van der Waals surface area contributed by atoms with E-state index in [1.54, 1.807) is 0 Å². The molecule has 0 amide bonds. The topological polar surface area (TPSA) is 13.1 Å². The Morgan fingerprint density at radius 3 is 1.88 bits per heavy atom. The summed E-state index contributed by atoms with van der Waals surface area (Å²) in [6.45, 7) is 0. The van der Waals surface area contributed by atoms with E-state index in [2.05, 4.69) is 84.9 Å². The van der Waals surface area contributed by atoms with Gasteiger partial charge in [0.2, 0.25) is 0 Å². The van der Waals surface area contributed by atoms with Crippen LogP contribution >= 0.6 is 11.6 Å². The lowest BCUT2D eigenvalue weighted by Gasteiger charge is -2.12. The van der Waals surface area contributed by atoms with Gasteiger partial charge in [0.15, 0.2) is 0 Å². The van der Waals surface area contributed by atoms with Gasteiger partial charge in [0.05, 0.1) is 0 Å². The number of hydrogen-bond donors (Lipinski definition) is 0. The average molecular weight is 431 g/mol. The predicted molar refractivity (Wildman–Crippen MR) is 135 cm³/mol. The number of hydrogen-bond acceptors (Lipinski definition) is 1. The van der Waals surface area contributed by atoms with Crippen LogP contribution in [-0.4, -0.2) is 0 Å². The molecule has 6 aromatic rings. The van der Waals surface area contributed by atoms with Gasteiger partial charge in [-0.2, -0.15) is 0 Å². The minimum Gasteiger partial charge on any atom is -0.455 e. The number of fused-ring (bicyclic) bond motifs is 3. The summed E-state index contributed by atoms with van der Waals surface area (Å²) in [6, 6.07) is 39.8. The van der Waals surface area contributed by atoms with Crippen molar-refractivity contribution in [1.29, 1.82) is 0 Å². The maximum absolute atomic E-state index is 6.33. The molecule has 0 saturated carbocycles. The largest absolute Gasteiger partial charge is 0.455 e. The number of rotatable bonds is 3. The summed E-state index contributed by atoms with van der Waals surface area (Å²) in [7, 11) is 0. The highest BCUT2D eigenvalue weighted by Gasteiger charge is 2.14. The molecule has 0 atom stereocenters. The number of para-hydroxylation sites is 2. The smallest absolute Gasteiger partial charge is 0.143 e. The Balaban J connectivity index is 1.62. The highest BCUT2D eigenvalue weighted by Crippen LogP contribution is 2.39. The number of benzene rings is 5. The molecule has 1 heterocycles. The summed E-state index contributed by atoms with van der Waals surface area (Å²) >= 11 is 6.15. The second-order valence-electron chi connectivity index (χ2n) is 7.95. The van der Waals surface area contributed by atoms with Crippen LogP contribution in [0.25, 0.3) is 55.3 Å². The van der Waals surface area contributed by atoms with Gasteiger partial charge in [-0.1, -0.05) is 90.5 Å². The molecule has 0 spiro atoms. The van der Waals surface area contributed by atoms with Crippen molar-refractivity contribution in [3.63, 3.8) is 0 Å². The van der Waals surface area contributed by atoms with Crippen molar-refractivity contribution >= 4 is 33.5 Å². The molecule has 0 fully saturated rings. The molecule has 5 aromatic carbocycles. The van der Waals surface area contributed by atoms with Crippen LogP contribution < -0.4 is 0 Å². The third kappa shape index (κ3) is 3.28. The van der Waals surface area contributed by atoms with E-state index in [-0.39, 0.29) is 0 Å². The van der Waals surface area contributed by atoms with Gasteiger partial charge in [-0.25, -0.2) is 0 Å². The standard InChI is InChI=1S/C30H19ClO/c31-25-15-13-21(14-16-25)23-17-22(20-7-2-1-3-8-20)18-24(19-23)26-10-6-11-28-27-9-4-5-12-29(27)32-30(26)28/h1-19H. The van der Waals surface area contributed by atoms with Crippen LogP contribution in [0.2, 0.25) is 5.02 Å². The zero-order chi connectivity index (χ0) is 21.5. The summed E-state index contributed by atoms with van der Waals surface area (Å²) in [5, 5.41) is 3.01. The summed E-state index contributed by atoms with van der Waals surface area (Å²) < 4.78 is 6.33. The van der Waals surface area contributed by atoms with E-state index in [0.717, 1.165) is 49.2 Å². The fraction of sp³-hybridized carbons (Fsp3) is 0. The van der Waals surface area contributed by atoms with Crippen molar-refractivity contribution in [2.45, 2.75) is 0 Å². The third-order valence-electron chi connectivity index (χ3n) is 5.93. The lowest BCUT2D eigenvalue weighted by Crippen LogP contribution is -1.86. The first-order chi connectivity index (χ1) is 15.8. The van der Waals surface area contributed by atoms with Crippen molar-refractivity contribution in [3.8, 4) is 33.4 Å². The van der Waals surface area contributed by atoms with Gasteiger partial charge in [0, 0.05) is 21.4 Å². The molecule has 1 aromatic heterocycles. The number of furan rings is 1. The highest BCUT2D eigenvalue weighted by molar-refractivity contribution is 6.30.